The second-order valence-corrected chi connectivity index (χ2v) is 9.08. The van der Waals surface area contributed by atoms with Gasteiger partial charge < -0.3 is 9.47 Å². The van der Waals surface area contributed by atoms with Crippen LogP contribution in [0.2, 0.25) is 0 Å². The summed E-state index contributed by atoms with van der Waals surface area (Å²) in [5, 5.41) is 9.01. The third kappa shape index (κ3) is 5.18. The van der Waals surface area contributed by atoms with Crippen LogP contribution in [-0.2, 0) is 26.2 Å². The summed E-state index contributed by atoms with van der Waals surface area (Å²) in [6.45, 7) is 3.04. The second kappa shape index (κ2) is 9.27. The van der Waals surface area contributed by atoms with E-state index in [1.54, 1.807) is 13.8 Å². The molecule has 2 N–H and O–H groups in total. The molecule has 8 nitrogen and oxygen atoms in total. The third-order valence-electron chi connectivity index (χ3n) is 4.78. The molecule has 0 aromatic heterocycles. The summed E-state index contributed by atoms with van der Waals surface area (Å²) in [5.74, 6) is -2.06. The molecule has 0 saturated carbocycles. The topological polar surface area (TPSA) is 105 Å². The zero-order chi connectivity index (χ0) is 22.8. The number of carbonyl (C=O) groups is 1. The molecule has 0 radical (unpaired) electrons. The number of rotatable bonds is 6. The Kier molecular flexibility index (Phi) is 6.90. The van der Waals surface area contributed by atoms with E-state index in [4.69, 9.17) is 14.7 Å². The molecule has 0 bridgehead atoms. The Morgan fingerprint density at radius 3 is 2.39 bits per heavy atom. The van der Waals surface area contributed by atoms with Gasteiger partial charge in [0.2, 0.25) is 10.0 Å². The Morgan fingerprint density at radius 1 is 1.19 bits per heavy atom. The first-order valence-corrected chi connectivity index (χ1v) is 10.8. The van der Waals surface area contributed by atoms with Gasteiger partial charge in [0.15, 0.2) is 0 Å². The van der Waals surface area contributed by atoms with Gasteiger partial charge in [-0.2, -0.15) is 4.31 Å². The van der Waals surface area contributed by atoms with Crippen molar-refractivity contribution in [2.24, 2.45) is 0 Å². The molecular formula is C20H22F2N2O6S. The largest absolute Gasteiger partial charge is 0.489 e. The maximum atomic E-state index is 13.3. The predicted octanol–water partition coefficient (Wildman–Crippen LogP) is 2.22. The van der Waals surface area contributed by atoms with E-state index in [0.717, 1.165) is 22.5 Å². The van der Waals surface area contributed by atoms with E-state index in [9.17, 15) is 22.0 Å². The Morgan fingerprint density at radius 2 is 1.81 bits per heavy atom. The number of nitrogens with one attached hydrogen (secondary N) is 1. The molecule has 1 heterocycles. The van der Waals surface area contributed by atoms with Gasteiger partial charge in [-0.3, -0.25) is 10.0 Å². The van der Waals surface area contributed by atoms with Crippen molar-refractivity contribution in [2.75, 3.05) is 6.54 Å². The van der Waals surface area contributed by atoms with Crippen LogP contribution in [0.5, 0.6) is 5.75 Å². The van der Waals surface area contributed by atoms with Gasteiger partial charge in [-0.15, -0.1) is 0 Å². The molecule has 2 aromatic rings. The van der Waals surface area contributed by atoms with Crippen molar-refractivity contribution < 1.29 is 36.7 Å². The number of nitrogens with zero attached hydrogens (tertiary/aromatic N) is 1. The van der Waals surface area contributed by atoms with Crippen LogP contribution in [0.1, 0.15) is 19.4 Å². The minimum Gasteiger partial charge on any atom is -0.489 e. The molecular weight excluding hydrogens is 434 g/mol. The van der Waals surface area contributed by atoms with Crippen LogP contribution >= 0.6 is 0 Å². The van der Waals surface area contributed by atoms with Crippen LogP contribution in [0.4, 0.5) is 8.78 Å². The van der Waals surface area contributed by atoms with Crippen molar-refractivity contribution in [3.05, 3.63) is 59.7 Å². The SMILES string of the molecule is C[C@@H]1O[C@@H](C)CN(S(=O)(=O)c2ccc(OCc3cc(F)cc(F)c3)cc2)[C@H]1C(=O)NO. The second-order valence-electron chi connectivity index (χ2n) is 7.19. The first-order valence-electron chi connectivity index (χ1n) is 9.41. The van der Waals surface area contributed by atoms with E-state index in [1.807, 2.05) is 0 Å². The minimum absolute atomic E-state index is 0.0753. The van der Waals surface area contributed by atoms with Gasteiger partial charge in [-0.25, -0.2) is 22.7 Å². The molecule has 1 fully saturated rings. The van der Waals surface area contributed by atoms with Crippen LogP contribution < -0.4 is 10.2 Å². The number of sulfonamides is 1. The molecule has 1 amide bonds. The molecule has 168 valence electrons. The number of hydroxylamine groups is 1. The van der Waals surface area contributed by atoms with Gasteiger partial charge in [0, 0.05) is 12.6 Å². The van der Waals surface area contributed by atoms with Crippen molar-refractivity contribution in [3.8, 4) is 5.75 Å². The Hall–Kier alpha value is -2.60. The van der Waals surface area contributed by atoms with E-state index in [1.165, 1.54) is 29.7 Å². The summed E-state index contributed by atoms with van der Waals surface area (Å²) < 4.78 is 64.8. The zero-order valence-electron chi connectivity index (χ0n) is 16.8. The molecule has 1 aliphatic rings. The zero-order valence-corrected chi connectivity index (χ0v) is 17.6. The maximum Gasteiger partial charge on any atom is 0.264 e. The molecule has 0 aliphatic carbocycles. The highest BCUT2D eigenvalue weighted by atomic mass is 32.2. The van der Waals surface area contributed by atoms with Gasteiger partial charge in [-0.05, 0) is 55.8 Å². The van der Waals surface area contributed by atoms with E-state index < -0.39 is 45.8 Å². The average molecular weight is 456 g/mol. The summed E-state index contributed by atoms with van der Waals surface area (Å²) in [6, 6.07) is 7.18. The van der Waals surface area contributed by atoms with Crippen LogP contribution in [0.25, 0.3) is 0 Å². The smallest absolute Gasteiger partial charge is 0.264 e. The van der Waals surface area contributed by atoms with Gasteiger partial charge >= 0.3 is 0 Å². The number of hydrogen-bond acceptors (Lipinski definition) is 6. The van der Waals surface area contributed by atoms with Gasteiger partial charge in [0.05, 0.1) is 17.1 Å². The standard InChI is InChI=1S/C20H22F2N2O6S/c1-12-10-24(19(13(2)30-12)20(25)23-26)31(27,28)18-5-3-17(4-6-18)29-11-14-7-15(21)9-16(22)8-14/h3-9,12-13,19,26H,10-11H2,1-2H3,(H,23,25)/t12-,13-,19+/m0/s1. The summed E-state index contributed by atoms with van der Waals surface area (Å²) in [6.07, 6.45) is -1.23. The van der Waals surface area contributed by atoms with Crippen molar-refractivity contribution in [2.45, 2.75) is 43.6 Å². The Bertz CT molecular complexity index is 1030. The predicted molar refractivity (Wildman–Crippen MR) is 105 cm³/mol. The monoisotopic (exact) mass is 456 g/mol. The fourth-order valence-electron chi connectivity index (χ4n) is 3.45. The number of benzene rings is 2. The van der Waals surface area contributed by atoms with Crippen LogP contribution in [0.15, 0.2) is 47.4 Å². The lowest BCUT2D eigenvalue weighted by Crippen LogP contribution is -2.60. The maximum absolute atomic E-state index is 13.3. The summed E-state index contributed by atoms with van der Waals surface area (Å²) >= 11 is 0. The van der Waals surface area contributed by atoms with Crippen molar-refractivity contribution in [1.29, 1.82) is 0 Å². The van der Waals surface area contributed by atoms with Gasteiger partial charge in [0.1, 0.15) is 30.0 Å². The highest BCUT2D eigenvalue weighted by Crippen LogP contribution is 2.27. The molecule has 31 heavy (non-hydrogen) atoms. The lowest BCUT2D eigenvalue weighted by atomic mass is 10.1. The lowest BCUT2D eigenvalue weighted by molar-refractivity contribution is -0.146. The molecule has 3 atom stereocenters. The van der Waals surface area contributed by atoms with E-state index in [2.05, 4.69) is 0 Å². The van der Waals surface area contributed by atoms with Crippen LogP contribution in [-0.4, -0.2) is 48.6 Å². The fraction of sp³-hybridized carbons (Fsp3) is 0.350. The van der Waals surface area contributed by atoms with E-state index >= 15 is 0 Å². The number of morpholine rings is 1. The molecule has 0 unspecified atom stereocenters. The number of hydrogen-bond donors (Lipinski definition) is 2. The first kappa shape index (κ1) is 23.1. The van der Waals surface area contributed by atoms with Crippen molar-refractivity contribution in [3.63, 3.8) is 0 Å². The Balaban J connectivity index is 1.78. The van der Waals surface area contributed by atoms with Crippen molar-refractivity contribution >= 4 is 15.9 Å². The molecule has 11 heteroatoms. The van der Waals surface area contributed by atoms with E-state index in [-0.39, 0.29) is 29.4 Å². The Labute approximate surface area is 178 Å². The summed E-state index contributed by atoms with van der Waals surface area (Å²) in [5.41, 5.74) is 1.77. The first-order chi connectivity index (χ1) is 14.6. The molecule has 1 aliphatic heterocycles. The average Bonchev–Trinajstić information content (AvgIpc) is 2.71. The molecule has 2 aromatic carbocycles. The quantitative estimate of drug-likeness (QED) is 0.510. The van der Waals surface area contributed by atoms with Crippen molar-refractivity contribution in [1.82, 2.24) is 9.79 Å². The number of halogens is 2. The van der Waals surface area contributed by atoms with Gasteiger partial charge in [0.25, 0.3) is 5.91 Å². The number of amides is 1. The minimum atomic E-state index is -4.10. The summed E-state index contributed by atoms with van der Waals surface area (Å²) in [4.78, 5) is 12.0. The third-order valence-corrected chi connectivity index (χ3v) is 6.64. The summed E-state index contributed by atoms with van der Waals surface area (Å²) in [7, 11) is -4.10. The fourth-order valence-corrected chi connectivity index (χ4v) is 5.17. The van der Waals surface area contributed by atoms with Crippen LogP contribution in [0.3, 0.4) is 0 Å². The normalized spacial score (nSPS) is 22.2. The molecule has 0 spiro atoms. The number of ether oxygens (including phenoxy) is 2. The highest BCUT2D eigenvalue weighted by Gasteiger charge is 2.44. The number of carbonyl (C=O) groups excluding carboxylic acids is 1. The van der Waals surface area contributed by atoms with Gasteiger partial charge in [-0.1, -0.05) is 0 Å². The molecule has 1 saturated heterocycles. The highest BCUT2D eigenvalue weighted by molar-refractivity contribution is 7.89. The van der Waals surface area contributed by atoms with E-state index in [0.29, 0.717) is 0 Å². The van der Waals surface area contributed by atoms with Crippen LogP contribution in [0, 0.1) is 11.6 Å². The molecule has 3 rings (SSSR count). The lowest BCUT2D eigenvalue weighted by Gasteiger charge is -2.40.